The van der Waals surface area contributed by atoms with Crippen molar-refractivity contribution in [1.29, 1.82) is 0 Å². The summed E-state index contributed by atoms with van der Waals surface area (Å²) in [6.07, 6.45) is 6.16. The highest BCUT2D eigenvalue weighted by Gasteiger charge is 2.58. The van der Waals surface area contributed by atoms with Crippen LogP contribution in [-0.4, -0.2) is 80.8 Å². The predicted octanol–water partition coefficient (Wildman–Crippen LogP) is 0.258. The van der Waals surface area contributed by atoms with Gasteiger partial charge in [0, 0.05) is 65.7 Å². The lowest BCUT2D eigenvalue weighted by Crippen LogP contribution is -2.41. The standard InChI is InChI=1S/C19H26N6O3/c1-22-11-16(20-13-22)14-10-25(17(26)15-4-6-23(2)21-15)12-19(14)5-7-24(18(19)27)8-9-28-3/h4,6,11,13-14H,5,7-10,12H2,1-3H3/t14-,19-/m0/s1. The number of carbonyl (C=O) groups excluding carboxylic acids is 2. The topological polar surface area (TPSA) is 85.5 Å². The van der Waals surface area contributed by atoms with E-state index in [0.717, 1.165) is 5.69 Å². The number of likely N-dealkylation sites (tertiary alicyclic amines) is 2. The van der Waals surface area contributed by atoms with Crippen LogP contribution in [0.4, 0.5) is 0 Å². The molecule has 2 aliphatic rings. The van der Waals surface area contributed by atoms with Gasteiger partial charge in [-0.05, 0) is 12.5 Å². The zero-order valence-electron chi connectivity index (χ0n) is 16.5. The van der Waals surface area contributed by atoms with Gasteiger partial charge < -0.3 is 19.1 Å². The maximum absolute atomic E-state index is 13.4. The maximum Gasteiger partial charge on any atom is 0.274 e. The quantitative estimate of drug-likeness (QED) is 0.736. The smallest absolute Gasteiger partial charge is 0.274 e. The molecule has 2 atom stereocenters. The zero-order valence-corrected chi connectivity index (χ0v) is 16.5. The van der Waals surface area contributed by atoms with Gasteiger partial charge in [-0.2, -0.15) is 5.10 Å². The number of imidazole rings is 1. The molecule has 150 valence electrons. The monoisotopic (exact) mass is 386 g/mol. The Morgan fingerprint density at radius 2 is 2.21 bits per heavy atom. The van der Waals surface area contributed by atoms with Crippen LogP contribution < -0.4 is 0 Å². The van der Waals surface area contributed by atoms with Crippen molar-refractivity contribution in [3.05, 3.63) is 36.2 Å². The summed E-state index contributed by atoms with van der Waals surface area (Å²) in [6.45, 7) is 2.62. The second-order valence-corrected chi connectivity index (χ2v) is 7.77. The number of hydrogen-bond acceptors (Lipinski definition) is 5. The van der Waals surface area contributed by atoms with E-state index in [1.165, 1.54) is 0 Å². The fourth-order valence-corrected chi connectivity index (χ4v) is 4.49. The molecule has 2 amide bonds. The Bertz CT molecular complexity index is 890. The molecule has 2 fully saturated rings. The molecule has 2 saturated heterocycles. The van der Waals surface area contributed by atoms with Gasteiger partial charge in [0.1, 0.15) is 5.69 Å². The molecule has 0 N–H and O–H groups in total. The van der Waals surface area contributed by atoms with E-state index in [-0.39, 0.29) is 17.7 Å². The number of aromatic nitrogens is 4. The molecule has 1 spiro atoms. The van der Waals surface area contributed by atoms with Crippen molar-refractivity contribution in [2.45, 2.75) is 12.3 Å². The normalized spacial score (nSPS) is 24.7. The molecule has 0 aliphatic carbocycles. The second-order valence-electron chi connectivity index (χ2n) is 7.77. The lowest BCUT2D eigenvalue weighted by atomic mass is 9.75. The summed E-state index contributed by atoms with van der Waals surface area (Å²) < 4.78 is 8.65. The van der Waals surface area contributed by atoms with Crippen molar-refractivity contribution in [3.8, 4) is 0 Å². The van der Waals surface area contributed by atoms with E-state index in [1.807, 2.05) is 22.7 Å². The summed E-state index contributed by atoms with van der Waals surface area (Å²) in [6, 6.07) is 1.71. The second kappa shape index (κ2) is 7.05. The average molecular weight is 386 g/mol. The van der Waals surface area contributed by atoms with Crippen LogP contribution >= 0.6 is 0 Å². The molecule has 0 bridgehead atoms. The molecule has 2 aliphatic heterocycles. The Labute approximate surface area is 163 Å². The van der Waals surface area contributed by atoms with Crippen LogP contribution in [0.1, 0.15) is 28.5 Å². The first-order valence-electron chi connectivity index (χ1n) is 9.50. The van der Waals surface area contributed by atoms with E-state index >= 15 is 0 Å². The summed E-state index contributed by atoms with van der Waals surface area (Å²) >= 11 is 0. The van der Waals surface area contributed by atoms with E-state index in [0.29, 0.717) is 44.9 Å². The van der Waals surface area contributed by atoms with Crippen molar-refractivity contribution in [2.24, 2.45) is 19.5 Å². The minimum atomic E-state index is -0.632. The van der Waals surface area contributed by atoms with Crippen molar-refractivity contribution < 1.29 is 14.3 Å². The Kier molecular flexibility index (Phi) is 4.70. The molecular weight excluding hydrogens is 360 g/mol. The van der Waals surface area contributed by atoms with Crippen LogP contribution in [0, 0.1) is 5.41 Å². The minimum Gasteiger partial charge on any atom is -0.383 e. The van der Waals surface area contributed by atoms with Gasteiger partial charge in [-0.1, -0.05) is 0 Å². The molecule has 9 heteroatoms. The first-order chi connectivity index (χ1) is 13.4. The van der Waals surface area contributed by atoms with Gasteiger partial charge in [0.05, 0.1) is 24.0 Å². The van der Waals surface area contributed by atoms with Gasteiger partial charge in [-0.15, -0.1) is 0 Å². The number of ether oxygens (including phenoxy) is 1. The van der Waals surface area contributed by atoms with E-state index in [2.05, 4.69) is 10.1 Å². The molecule has 0 radical (unpaired) electrons. The van der Waals surface area contributed by atoms with Gasteiger partial charge >= 0.3 is 0 Å². The van der Waals surface area contributed by atoms with Crippen LogP contribution in [0.15, 0.2) is 24.8 Å². The molecule has 0 saturated carbocycles. The highest BCUT2D eigenvalue weighted by atomic mass is 16.5. The van der Waals surface area contributed by atoms with E-state index in [4.69, 9.17) is 4.74 Å². The third kappa shape index (κ3) is 2.99. The molecule has 4 rings (SSSR count). The summed E-state index contributed by atoms with van der Waals surface area (Å²) in [5.41, 5.74) is 0.633. The number of carbonyl (C=O) groups is 2. The van der Waals surface area contributed by atoms with Gasteiger partial charge in [0.25, 0.3) is 5.91 Å². The van der Waals surface area contributed by atoms with Crippen molar-refractivity contribution in [3.63, 3.8) is 0 Å². The summed E-state index contributed by atoms with van der Waals surface area (Å²) in [5.74, 6) is -0.167. The number of hydrogen-bond donors (Lipinski definition) is 0. The van der Waals surface area contributed by atoms with Gasteiger partial charge in [0.2, 0.25) is 5.91 Å². The lowest BCUT2D eigenvalue weighted by Gasteiger charge is -2.27. The molecule has 0 aromatic carbocycles. The van der Waals surface area contributed by atoms with E-state index < -0.39 is 5.41 Å². The van der Waals surface area contributed by atoms with Gasteiger partial charge in [-0.3, -0.25) is 14.3 Å². The largest absolute Gasteiger partial charge is 0.383 e. The number of nitrogens with zero attached hydrogens (tertiary/aromatic N) is 6. The number of methoxy groups -OCH3 is 1. The molecular formula is C19H26N6O3. The number of aryl methyl sites for hydroxylation is 2. The number of rotatable bonds is 5. The van der Waals surface area contributed by atoms with Crippen molar-refractivity contribution in [1.82, 2.24) is 29.1 Å². The highest BCUT2D eigenvalue weighted by molar-refractivity contribution is 5.94. The fourth-order valence-electron chi connectivity index (χ4n) is 4.49. The summed E-state index contributed by atoms with van der Waals surface area (Å²) in [5, 5.41) is 4.24. The van der Waals surface area contributed by atoms with Crippen LogP contribution in [0.2, 0.25) is 0 Å². The Morgan fingerprint density at radius 3 is 2.86 bits per heavy atom. The van der Waals surface area contributed by atoms with Crippen molar-refractivity contribution >= 4 is 11.8 Å². The van der Waals surface area contributed by atoms with Crippen molar-refractivity contribution in [2.75, 3.05) is 39.9 Å². The van der Waals surface area contributed by atoms with Crippen LogP contribution in [0.25, 0.3) is 0 Å². The Morgan fingerprint density at radius 1 is 1.39 bits per heavy atom. The SMILES string of the molecule is COCCN1CC[C@@]2(CN(C(=O)c3ccn(C)n3)C[C@H]2c2cn(C)cn2)C1=O. The molecule has 2 aromatic heterocycles. The Hall–Kier alpha value is -2.68. The first-order valence-corrected chi connectivity index (χ1v) is 9.50. The van der Waals surface area contributed by atoms with Gasteiger partial charge in [0.15, 0.2) is 0 Å². The molecule has 9 nitrogen and oxygen atoms in total. The third-order valence-corrected chi connectivity index (χ3v) is 5.95. The summed E-state index contributed by atoms with van der Waals surface area (Å²) in [4.78, 5) is 34.6. The maximum atomic E-state index is 13.4. The molecule has 0 unspecified atom stereocenters. The van der Waals surface area contributed by atoms with E-state index in [9.17, 15) is 9.59 Å². The predicted molar refractivity (Wildman–Crippen MR) is 101 cm³/mol. The zero-order chi connectivity index (χ0) is 19.9. The minimum absolute atomic E-state index is 0.0940. The molecule has 4 heterocycles. The van der Waals surface area contributed by atoms with Crippen LogP contribution in [-0.2, 0) is 23.6 Å². The van der Waals surface area contributed by atoms with Crippen LogP contribution in [0.3, 0.4) is 0 Å². The summed E-state index contributed by atoms with van der Waals surface area (Å²) in [7, 11) is 5.33. The lowest BCUT2D eigenvalue weighted by molar-refractivity contribution is -0.136. The van der Waals surface area contributed by atoms with Crippen LogP contribution in [0.5, 0.6) is 0 Å². The molecule has 28 heavy (non-hydrogen) atoms. The third-order valence-electron chi connectivity index (χ3n) is 5.95. The molecule has 2 aromatic rings. The Balaban J connectivity index is 1.65. The average Bonchev–Trinajstić information content (AvgIpc) is 3.43. The van der Waals surface area contributed by atoms with Gasteiger partial charge in [-0.25, -0.2) is 4.98 Å². The van der Waals surface area contributed by atoms with E-state index in [1.54, 1.807) is 42.3 Å². The fraction of sp³-hybridized carbons (Fsp3) is 0.579. The number of amides is 2. The first kappa shape index (κ1) is 18.7. The highest BCUT2D eigenvalue weighted by Crippen LogP contribution is 2.49.